The maximum absolute atomic E-state index is 11.1. The molecule has 0 aromatic heterocycles. The highest BCUT2D eigenvalue weighted by atomic mass is 35.5. The van der Waals surface area contributed by atoms with Crippen LogP contribution in [0.25, 0.3) is 0 Å². The third-order valence-electron chi connectivity index (χ3n) is 2.10. The Labute approximate surface area is 101 Å². The summed E-state index contributed by atoms with van der Waals surface area (Å²) in [6, 6.07) is 5.85. The number of hydrogen-bond acceptors (Lipinski definition) is 3. The fourth-order valence-corrected chi connectivity index (χ4v) is 1.61. The number of carbonyl (C=O) groups excluding carboxylic acids is 1. The van der Waals surface area contributed by atoms with E-state index in [0.29, 0.717) is 13.2 Å². The highest BCUT2D eigenvalue weighted by molar-refractivity contribution is 6.31. The molecule has 1 rings (SSSR count). The average Bonchev–Trinajstić information content (AvgIpc) is 2.22. The molecule has 0 fully saturated rings. The molecule has 0 heterocycles. The minimum Gasteiger partial charge on any atom is -0.465 e. The molecule has 0 aliphatic carbocycles. The van der Waals surface area contributed by atoms with Gasteiger partial charge in [-0.05, 0) is 31.0 Å². The van der Waals surface area contributed by atoms with Crippen LogP contribution in [-0.2, 0) is 16.1 Å². The summed E-state index contributed by atoms with van der Waals surface area (Å²) in [6.07, 6.45) is 0. The van der Waals surface area contributed by atoms with Gasteiger partial charge in [0.05, 0.1) is 13.2 Å². The number of ether oxygens (including phenoxy) is 1. The summed E-state index contributed by atoms with van der Waals surface area (Å²) >= 11 is 6.05. The Bertz CT molecular complexity index is 366. The van der Waals surface area contributed by atoms with E-state index in [-0.39, 0.29) is 12.5 Å². The molecule has 0 aliphatic rings. The second kappa shape index (κ2) is 6.51. The standard InChI is InChI=1S/C12H16ClNO2/c1-3-16-12(15)8-14-7-10-5-4-9(2)6-11(10)13/h4-6,14H,3,7-8H2,1-2H3. The van der Waals surface area contributed by atoms with Gasteiger partial charge in [-0.2, -0.15) is 0 Å². The molecule has 88 valence electrons. The van der Waals surface area contributed by atoms with Crippen LogP contribution in [-0.4, -0.2) is 19.1 Å². The lowest BCUT2D eigenvalue weighted by Crippen LogP contribution is -2.24. The predicted molar refractivity (Wildman–Crippen MR) is 64.5 cm³/mol. The second-order valence-corrected chi connectivity index (χ2v) is 3.91. The Morgan fingerprint density at radius 3 is 2.88 bits per heavy atom. The summed E-state index contributed by atoms with van der Waals surface area (Å²) in [7, 11) is 0. The molecule has 0 bridgehead atoms. The first-order chi connectivity index (χ1) is 7.63. The quantitative estimate of drug-likeness (QED) is 0.804. The van der Waals surface area contributed by atoms with Gasteiger partial charge < -0.3 is 10.1 Å². The number of nitrogens with one attached hydrogen (secondary N) is 1. The topological polar surface area (TPSA) is 38.3 Å². The molecule has 0 unspecified atom stereocenters. The van der Waals surface area contributed by atoms with E-state index in [9.17, 15) is 4.79 Å². The van der Waals surface area contributed by atoms with Crippen molar-refractivity contribution >= 4 is 17.6 Å². The van der Waals surface area contributed by atoms with Gasteiger partial charge in [0.1, 0.15) is 0 Å². The summed E-state index contributed by atoms with van der Waals surface area (Å²) in [4.78, 5) is 11.1. The molecule has 0 spiro atoms. The molecule has 1 N–H and O–H groups in total. The third kappa shape index (κ3) is 4.21. The molecule has 3 nitrogen and oxygen atoms in total. The van der Waals surface area contributed by atoms with Crippen LogP contribution >= 0.6 is 11.6 Å². The predicted octanol–water partition coefficient (Wildman–Crippen LogP) is 2.30. The van der Waals surface area contributed by atoms with E-state index >= 15 is 0 Å². The molecule has 16 heavy (non-hydrogen) atoms. The number of carbonyl (C=O) groups is 1. The van der Waals surface area contributed by atoms with Crippen molar-refractivity contribution in [1.82, 2.24) is 5.32 Å². The highest BCUT2D eigenvalue weighted by Crippen LogP contribution is 2.16. The lowest BCUT2D eigenvalue weighted by Gasteiger charge is -2.07. The zero-order chi connectivity index (χ0) is 12.0. The maximum Gasteiger partial charge on any atom is 0.319 e. The van der Waals surface area contributed by atoms with Crippen molar-refractivity contribution in [3.63, 3.8) is 0 Å². The van der Waals surface area contributed by atoms with Crippen molar-refractivity contribution in [2.45, 2.75) is 20.4 Å². The van der Waals surface area contributed by atoms with Crippen LogP contribution in [0.15, 0.2) is 18.2 Å². The summed E-state index contributed by atoms with van der Waals surface area (Å²) in [5, 5.41) is 3.71. The Kier molecular flexibility index (Phi) is 5.29. The largest absolute Gasteiger partial charge is 0.465 e. The van der Waals surface area contributed by atoms with Gasteiger partial charge in [0.15, 0.2) is 0 Å². The molecule has 1 aromatic rings. The Balaban J connectivity index is 2.40. The molecule has 1 aromatic carbocycles. The molecule has 0 atom stereocenters. The third-order valence-corrected chi connectivity index (χ3v) is 2.45. The smallest absolute Gasteiger partial charge is 0.319 e. The number of esters is 1. The van der Waals surface area contributed by atoms with Gasteiger partial charge in [-0.15, -0.1) is 0 Å². The Morgan fingerprint density at radius 1 is 1.50 bits per heavy atom. The summed E-state index contributed by atoms with van der Waals surface area (Å²) in [5.74, 6) is -0.245. The molecular weight excluding hydrogens is 226 g/mol. The molecule has 0 amide bonds. The molecule has 0 saturated heterocycles. The van der Waals surface area contributed by atoms with E-state index < -0.39 is 0 Å². The van der Waals surface area contributed by atoms with Gasteiger partial charge in [0.25, 0.3) is 0 Å². The van der Waals surface area contributed by atoms with Crippen LogP contribution < -0.4 is 5.32 Å². The second-order valence-electron chi connectivity index (χ2n) is 3.50. The first-order valence-corrected chi connectivity index (χ1v) is 5.62. The first kappa shape index (κ1) is 13.0. The van der Waals surface area contributed by atoms with Crippen molar-refractivity contribution < 1.29 is 9.53 Å². The van der Waals surface area contributed by atoms with E-state index in [1.165, 1.54) is 0 Å². The highest BCUT2D eigenvalue weighted by Gasteiger charge is 2.03. The van der Waals surface area contributed by atoms with Crippen molar-refractivity contribution in [1.29, 1.82) is 0 Å². The number of hydrogen-bond donors (Lipinski definition) is 1. The SMILES string of the molecule is CCOC(=O)CNCc1ccc(C)cc1Cl. The molecule has 0 radical (unpaired) electrons. The summed E-state index contributed by atoms with van der Waals surface area (Å²) < 4.78 is 4.79. The van der Waals surface area contributed by atoms with Crippen molar-refractivity contribution in [3.05, 3.63) is 34.3 Å². The normalized spacial score (nSPS) is 10.2. The van der Waals surface area contributed by atoms with Crippen molar-refractivity contribution in [3.8, 4) is 0 Å². The van der Waals surface area contributed by atoms with Crippen molar-refractivity contribution in [2.24, 2.45) is 0 Å². The van der Waals surface area contributed by atoms with Crippen LogP contribution in [0.1, 0.15) is 18.1 Å². The van der Waals surface area contributed by atoms with Crippen LogP contribution in [0.5, 0.6) is 0 Å². The number of aryl methyl sites for hydroxylation is 1. The Morgan fingerprint density at radius 2 is 2.25 bits per heavy atom. The van der Waals surface area contributed by atoms with Gasteiger partial charge in [-0.3, -0.25) is 4.79 Å². The molecular formula is C12H16ClNO2. The van der Waals surface area contributed by atoms with E-state index in [0.717, 1.165) is 16.1 Å². The number of halogens is 1. The van der Waals surface area contributed by atoms with Crippen LogP contribution in [0.3, 0.4) is 0 Å². The zero-order valence-corrected chi connectivity index (χ0v) is 10.3. The van der Waals surface area contributed by atoms with E-state index in [4.69, 9.17) is 16.3 Å². The summed E-state index contributed by atoms with van der Waals surface area (Å²) in [6.45, 7) is 4.96. The van der Waals surface area contributed by atoms with Crippen molar-refractivity contribution in [2.75, 3.05) is 13.2 Å². The van der Waals surface area contributed by atoms with Gasteiger partial charge in [0, 0.05) is 11.6 Å². The van der Waals surface area contributed by atoms with Gasteiger partial charge >= 0.3 is 5.97 Å². The molecule has 0 saturated carbocycles. The monoisotopic (exact) mass is 241 g/mol. The van der Waals surface area contributed by atoms with Crippen LogP contribution in [0.4, 0.5) is 0 Å². The fourth-order valence-electron chi connectivity index (χ4n) is 1.31. The minimum atomic E-state index is -0.245. The Hall–Kier alpha value is -1.06. The number of rotatable bonds is 5. The van der Waals surface area contributed by atoms with Crippen LogP contribution in [0, 0.1) is 6.92 Å². The van der Waals surface area contributed by atoms with Gasteiger partial charge in [-0.1, -0.05) is 23.7 Å². The average molecular weight is 242 g/mol. The fraction of sp³-hybridized carbons (Fsp3) is 0.417. The van der Waals surface area contributed by atoms with E-state index in [1.54, 1.807) is 6.92 Å². The molecule has 4 heteroatoms. The molecule has 0 aliphatic heterocycles. The maximum atomic E-state index is 11.1. The first-order valence-electron chi connectivity index (χ1n) is 5.25. The summed E-state index contributed by atoms with van der Waals surface area (Å²) in [5.41, 5.74) is 2.11. The van der Waals surface area contributed by atoms with Crippen LogP contribution in [0.2, 0.25) is 5.02 Å². The minimum absolute atomic E-state index is 0.206. The van der Waals surface area contributed by atoms with Gasteiger partial charge in [0.2, 0.25) is 0 Å². The van der Waals surface area contributed by atoms with E-state index in [2.05, 4.69) is 5.32 Å². The number of benzene rings is 1. The van der Waals surface area contributed by atoms with E-state index in [1.807, 2.05) is 25.1 Å². The lowest BCUT2D eigenvalue weighted by molar-refractivity contribution is -0.142. The zero-order valence-electron chi connectivity index (χ0n) is 9.55. The van der Waals surface area contributed by atoms with Gasteiger partial charge in [-0.25, -0.2) is 0 Å². The lowest BCUT2D eigenvalue weighted by atomic mass is 10.1.